The third-order valence-corrected chi connectivity index (χ3v) is 5.61. The van der Waals surface area contributed by atoms with Crippen LogP contribution in [0, 0.1) is 6.92 Å². The number of ether oxygens (including phenoxy) is 1. The van der Waals surface area contributed by atoms with Gasteiger partial charge in [-0.2, -0.15) is 0 Å². The standard InChI is InChI=1S/C23H24N6O2/c1-16-26-27-23-22(24-9-10-28-11-13-31-14-12-28)25-19-8-7-18(15-20(19)29(16)23)21(30)17-5-3-2-4-6-17/h2-8,15H,9-14H2,1H3,(H,24,25). The molecule has 4 aromatic rings. The molecule has 0 aliphatic carbocycles. The van der Waals surface area contributed by atoms with Gasteiger partial charge in [0.2, 0.25) is 5.65 Å². The SMILES string of the molecule is Cc1nnc2c(NCCN3CCOCC3)nc3ccc(C(=O)c4ccccc4)cc3n12. The monoisotopic (exact) mass is 416 g/mol. The lowest BCUT2D eigenvalue weighted by atomic mass is 10.0. The number of nitrogens with one attached hydrogen (secondary N) is 1. The van der Waals surface area contributed by atoms with E-state index < -0.39 is 0 Å². The molecule has 2 aromatic carbocycles. The molecule has 0 atom stereocenters. The Morgan fingerprint density at radius 3 is 2.68 bits per heavy atom. The van der Waals surface area contributed by atoms with E-state index in [0.29, 0.717) is 22.6 Å². The van der Waals surface area contributed by atoms with Crippen LogP contribution < -0.4 is 5.32 Å². The molecule has 158 valence electrons. The third-order valence-electron chi connectivity index (χ3n) is 5.61. The van der Waals surface area contributed by atoms with Gasteiger partial charge in [0.05, 0.1) is 24.2 Å². The van der Waals surface area contributed by atoms with Gasteiger partial charge in [-0.05, 0) is 25.1 Å². The maximum atomic E-state index is 12.9. The summed E-state index contributed by atoms with van der Waals surface area (Å²) in [6, 6.07) is 14.9. The predicted octanol–water partition coefficient (Wildman–Crippen LogP) is 2.56. The smallest absolute Gasteiger partial charge is 0.204 e. The van der Waals surface area contributed by atoms with Crippen molar-refractivity contribution in [2.24, 2.45) is 0 Å². The van der Waals surface area contributed by atoms with E-state index in [0.717, 1.165) is 56.3 Å². The van der Waals surface area contributed by atoms with Gasteiger partial charge in [0.1, 0.15) is 5.82 Å². The highest BCUT2D eigenvalue weighted by molar-refractivity contribution is 6.10. The van der Waals surface area contributed by atoms with E-state index >= 15 is 0 Å². The molecule has 5 rings (SSSR count). The van der Waals surface area contributed by atoms with Gasteiger partial charge >= 0.3 is 0 Å². The number of benzene rings is 2. The number of ketones is 1. The Balaban J connectivity index is 1.47. The van der Waals surface area contributed by atoms with Gasteiger partial charge in [-0.25, -0.2) is 4.98 Å². The first-order valence-electron chi connectivity index (χ1n) is 10.5. The molecule has 0 amide bonds. The van der Waals surface area contributed by atoms with Crippen molar-refractivity contribution in [2.75, 3.05) is 44.7 Å². The molecule has 0 radical (unpaired) electrons. The maximum absolute atomic E-state index is 12.9. The predicted molar refractivity (Wildman–Crippen MR) is 119 cm³/mol. The zero-order valence-electron chi connectivity index (χ0n) is 17.4. The van der Waals surface area contributed by atoms with E-state index in [1.807, 2.05) is 59.9 Å². The normalized spacial score (nSPS) is 14.9. The van der Waals surface area contributed by atoms with Crippen LogP contribution in [0.2, 0.25) is 0 Å². The fraction of sp³-hybridized carbons (Fsp3) is 0.304. The summed E-state index contributed by atoms with van der Waals surface area (Å²) in [5, 5.41) is 12.0. The first kappa shape index (κ1) is 19.6. The topological polar surface area (TPSA) is 84.7 Å². The average molecular weight is 416 g/mol. The molecule has 1 N–H and O–H groups in total. The van der Waals surface area contributed by atoms with Crippen LogP contribution in [0.1, 0.15) is 21.7 Å². The van der Waals surface area contributed by atoms with Crippen molar-refractivity contribution in [1.82, 2.24) is 24.5 Å². The lowest BCUT2D eigenvalue weighted by Gasteiger charge is -2.26. The summed E-state index contributed by atoms with van der Waals surface area (Å²) in [4.78, 5) is 20.1. The molecule has 0 bridgehead atoms. The Labute approximate surface area is 179 Å². The van der Waals surface area contributed by atoms with Crippen LogP contribution in [-0.2, 0) is 4.74 Å². The van der Waals surface area contributed by atoms with Crippen molar-refractivity contribution in [1.29, 1.82) is 0 Å². The van der Waals surface area contributed by atoms with E-state index in [1.165, 1.54) is 0 Å². The van der Waals surface area contributed by atoms with Crippen molar-refractivity contribution in [2.45, 2.75) is 6.92 Å². The number of carbonyl (C=O) groups is 1. The second-order valence-corrected chi connectivity index (χ2v) is 7.65. The summed E-state index contributed by atoms with van der Waals surface area (Å²) in [5.74, 6) is 1.43. The summed E-state index contributed by atoms with van der Waals surface area (Å²) in [6.07, 6.45) is 0. The molecule has 31 heavy (non-hydrogen) atoms. The Hall–Kier alpha value is -3.36. The summed E-state index contributed by atoms with van der Waals surface area (Å²) in [5.41, 5.74) is 3.54. The van der Waals surface area contributed by atoms with Gasteiger partial charge in [-0.3, -0.25) is 14.1 Å². The van der Waals surface area contributed by atoms with Crippen molar-refractivity contribution < 1.29 is 9.53 Å². The number of hydrogen-bond acceptors (Lipinski definition) is 7. The van der Waals surface area contributed by atoms with Crippen LogP contribution in [-0.4, -0.2) is 69.7 Å². The Kier molecular flexibility index (Phi) is 5.31. The minimum absolute atomic E-state index is 0.0194. The van der Waals surface area contributed by atoms with Crippen molar-refractivity contribution in [3.05, 3.63) is 65.5 Å². The lowest BCUT2D eigenvalue weighted by Crippen LogP contribution is -2.39. The Bertz CT molecular complexity index is 1230. The van der Waals surface area contributed by atoms with Crippen LogP contribution >= 0.6 is 0 Å². The second kappa shape index (κ2) is 8.41. The van der Waals surface area contributed by atoms with Crippen LogP contribution in [0.4, 0.5) is 5.82 Å². The minimum atomic E-state index is -0.0194. The molecule has 0 spiro atoms. The van der Waals surface area contributed by atoms with Crippen LogP contribution in [0.5, 0.6) is 0 Å². The molecule has 1 saturated heterocycles. The zero-order valence-corrected chi connectivity index (χ0v) is 17.4. The first-order valence-corrected chi connectivity index (χ1v) is 10.5. The molecule has 1 aliphatic heterocycles. The highest BCUT2D eigenvalue weighted by atomic mass is 16.5. The molecular formula is C23H24N6O2. The number of hydrogen-bond donors (Lipinski definition) is 1. The summed E-state index contributed by atoms with van der Waals surface area (Å²) >= 11 is 0. The van der Waals surface area contributed by atoms with Crippen molar-refractivity contribution >= 4 is 28.3 Å². The molecule has 0 unspecified atom stereocenters. The molecule has 2 aromatic heterocycles. The number of carbonyl (C=O) groups excluding carboxylic acids is 1. The first-order chi connectivity index (χ1) is 15.2. The minimum Gasteiger partial charge on any atom is -0.379 e. The van der Waals surface area contributed by atoms with Gasteiger partial charge in [0, 0.05) is 37.3 Å². The van der Waals surface area contributed by atoms with E-state index in [1.54, 1.807) is 0 Å². The average Bonchev–Trinajstić information content (AvgIpc) is 3.22. The van der Waals surface area contributed by atoms with Crippen molar-refractivity contribution in [3.63, 3.8) is 0 Å². The number of rotatable bonds is 6. The van der Waals surface area contributed by atoms with Gasteiger partial charge in [-0.15, -0.1) is 10.2 Å². The van der Waals surface area contributed by atoms with Gasteiger partial charge < -0.3 is 10.1 Å². The number of morpholine rings is 1. The highest BCUT2D eigenvalue weighted by Crippen LogP contribution is 2.23. The fourth-order valence-electron chi connectivity index (χ4n) is 3.94. The Morgan fingerprint density at radius 1 is 1.06 bits per heavy atom. The molecule has 1 fully saturated rings. The summed E-state index contributed by atoms with van der Waals surface area (Å²) in [6.45, 7) is 7.03. The number of anilines is 1. The second-order valence-electron chi connectivity index (χ2n) is 7.65. The third kappa shape index (κ3) is 3.87. The zero-order chi connectivity index (χ0) is 21.2. The number of fused-ring (bicyclic) bond motifs is 3. The van der Waals surface area contributed by atoms with Crippen molar-refractivity contribution in [3.8, 4) is 0 Å². The van der Waals surface area contributed by atoms with Crippen LogP contribution in [0.3, 0.4) is 0 Å². The van der Waals surface area contributed by atoms with Crippen LogP contribution in [0.25, 0.3) is 16.7 Å². The quantitative estimate of drug-likeness (QED) is 0.484. The fourth-order valence-corrected chi connectivity index (χ4v) is 3.94. The largest absolute Gasteiger partial charge is 0.379 e. The summed E-state index contributed by atoms with van der Waals surface area (Å²) in [7, 11) is 0. The van der Waals surface area contributed by atoms with Gasteiger partial charge in [0.25, 0.3) is 0 Å². The maximum Gasteiger partial charge on any atom is 0.204 e. The molecular weight excluding hydrogens is 392 g/mol. The summed E-state index contributed by atoms with van der Waals surface area (Å²) < 4.78 is 7.37. The van der Waals surface area contributed by atoms with E-state index in [4.69, 9.17) is 9.72 Å². The number of nitrogens with zero attached hydrogens (tertiary/aromatic N) is 5. The van der Waals surface area contributed by atoms with Gasteiger partial charge in [-0.1, -0.05) is 30.3 Å². The van der Waals surface area contributed by atoms with Gasteiger partial charge in [0.15, 0.2) is 11.6 Å². The lowest BCUT2D eigenvalue weighted by molar-refractivity contribution is 0.0398. The van der Waals surface area contributed by atoms with E-state index in [9.17, 15) is 4.79 Å². The van der Waals surface area contributed by atoms with E-state index in [-0.39, 0.29) is 5.78 Å². The molecule has 8 nitrogen and oxygen atoms in total. The molecule has 3 heterocycles. The number of aryl methyl sites for hydroxylation is 1. The molecule has 8 heteroatoms. The Morgan fingerprint density at radius 2 is 1.87 bits per heavy atom. The van der Waals surface area contributed by atoms with Crippen LogP contribution in [0.15, 0.2) is 48.5 Å². The molecule has 0 saturated carbocycles. The number of aromatic nitrogens is 4. The van der Waals surface area contributed by atoms with E-state index in [2.05, 4.69) is 20.4 Å². The molecule has 1 aliphatic rings. The highest BCUT2D eigenvalue weighted by Gasteiger charge is 2.16.